The highest BCUT2D eigenvalue weighted by Crippen LogP contribution is 2.08. The molecule has 1 aromatic rings. The Balaban J connectivity index is 2.20. The number of ether oxygens (including phenoxy) is 1. The van der Waals surface area contributed by atoms with Gasteiger partial charge in [0, 0.05) is 13.6 Å². The van der Waals surface area contributed by atoms with Gasteiger partial charge in [0.1, 0.15) is 5.75 Å². The lowest BCUT2D eigenvalue weighted by Crippen LogP contribution is -2.30. The minimum atomic E-state index is -0.374. The van der Waals surface area contributed by atoms with Crippen LogP contribution in [0, 0.1) is 0 Å². The van der Waals surface area contributed by atoms with Crippen LogP contribution in [-0.4, -0.2) is 42.2 Å². The van der Waals surface area contributed by atoms with Crippen molar-refractivity contribution >= 4 is 5.91 Å². The Hall–Kier alpha value is -1.55. The van der Waals surface area contributed by atoms with Gasteiger partial charge in [-0.15, -0.1) is 0 Å². The van der Waals surface area contributed by atoms with Crippen molar-refractivity contribution in [3.05, 3.63) is 30.3 Å². The highest BCUT2D eigenvalue weighted by molar-refractivity contribution is 5.75. The number of aliphatic hydroxyl groups excluding tert-OH is 1. The van der Waals surface area contributed by atoms with Gasteiger partial charge in [-0.3, -0.25) is 4.79 Å². The summed E-state index contributed by atoms with van der Waals surface area (Å²) in [6.07, 6.45) is 0.577. The first kappa shape index (κ1) is 14.5. The Morgan fingerprint density at radius 1 is 1.39 bits per heavy atom. The summed E-state index contributed by atoms with van der Waals surface area (Å²) in [6.45, 7) is 2.67. The fourth-order valence-electron chi connectivity index (χ4n) is 1.47. The highest BCUT2D eigenvalue weighted by Gasteiger charge is 2.09. The Labute approximate surface area is 108 Å². The van der Waals surface area contributed by atoms with Crippen LogP contribution in [-0.2, 0) is 4.79 Å². The van der Waals surface area contributed by atoms with Crippen molar-refractivity contribution in [3.63, 3.8) is 0 Å². The zero-order valence-electron chi connectivity index (χ0n) is 11.0. The fourth-order valence-corrected chi connectivity index (χ4v) is 1.47. The fraction of sp³-hybridized carbons (Fsp3) is 0.500. The van der Waals surface area contributed by atoms with E-state index in [0.29, 0.717) is 26.0 Å². The average Bonchev–Trinajstić information content (AvgIpc) is 2.37. The first-order chi connectivity index (χ1) is 8.59. The molecule has 1 atom stereocenters. The molecule has 0 aliphatic carbocycles. The maximum Gasteiger partial charge on any atom is 0.225 e. The first-order valence-electron chi connectivity index (χ1n) is 6.19. The molecule has 0 aliphatic heterocycles. The number of carbonyl (C=O) groups is 1. The molecule has 0 bridgehead atoms. The molecule has 0 spiro atoms. The third-order valence-corrected chi connectivity index (χ3v) is 2.64. The minimum absolute atomic E-state index is 0.0339. The van der Waals surface area contributed by atoms with Gasteiger partial charge in [-0.2, -0.15) is 0 Å². The molecule has 0 saturated heterocycles. The van der Waals surface area contributed by atoms with Crippen LogP contribution in [0.25, 0.3) is 0 Å². The summed E-state index contributed by atoms with van der Waals surface area (Å²) in [5.74, 6) is 0.809. The quantitative estimate of drug-likeness (QED) is 0.802. The summed E-state index contributed by atoms with van der Waals surface area (Å²) < 4.78 is 5.46. The summed E-state index contributed by atoms with van der Waals surface area (Å²) >= 11 is 0. The molecule has 4 heteroatoms. The Morgan fingerprint density at radius 3 is 2.67 bits per heavy atom. The number of amides is 1. The molecule has 1 unspecified atom stereocenters. The van der Waals surface area contributed by atoms with E-state index >= 15 is 0 Å². The maximum absolute atomic E-state index is 11.7. The summed E-state index contributed by atoms with van der Waals surface area (Å²) in [4.78, 5) is 13.3. The van der Waals surface area contributed by atoms with E-state index in [1.807, 2.05) is 30.3 Å². The topological polar surface area (TPSA) is 49.8 Å². The summed E-state index contributed by atoms with van der Waals surface area (Å²) in [5.41, 5.74) is 0. The van der Waals surface area contributed by atoms with Crippen LogP contribution >= 0.6 is 0 Å². The van der Waals surface area contributed by atoms with Gasteiger partial charge in [-0.25, -0.2) is 0 Å². The monoisotopic (exact) mass is 251 g/mol. The molecule has 100 valence electrons. The molecule has 0 aliphatic rings. The van der Waals surface area contributed by atoms with Gasteiger partial charge in [-0.05, 0) is 25.5 Å². The van der Waals surface area contributed by atoms with Crippen molar-refractivity contribution in [2.24, 2.45) is 0 Å². The lowest BCUT2D eigenvalue weighted by atomic mass is 10.2. The lowest BCUT2D eigenvalue weighted by Gasteiger charge is -2.18. The van der Waals surface area contributed by atoms with Crippen LogP contribution in [0.15, 0.2) is 30.3 Å². The summed E-state index contributed by atoms with van der Waals surface area (Å²) in [7, 11) is 1.74. The zero-order chi connectivity index (χ0) is 13.4. The Kier molecular flexibility index (Phi) is 6.22. The third-order valence-electron chi connectivity index (χ3n) is 2.64. The van der Waals surface area contributed by atoms with E-state index in [1.54, 1.807) is 18.9 Å². The first-order valence-corrected chi connectivity index (χ1v) is 6.19. The second-order valence-electron chi connectivity index (χ2n) is 4.36. The van der Waals surface area contributed by atoms with Crippen molar-refractivity contribution in [2.45, 2.75) is 25.9 Å². The largest absolute Gasteiger partial charge is 0.493 e. The van der Waals surface area contributed by atoms with Crippen LogP contribution in [0.2, 0.25) is 0 Å². The SMILES string of the molecule is CC(O)CCN(C)C(=O)CCOc1ccccc1. The molecule has 0 radical (unpaired) electrons. The molecule has 4 nitrogen and oxygen atoms in total. The van der Waals surface area contributed by atoms with Crippen molar-refractivity contribution in [2.75, 3.05) is 20.2 Å². The molecule has 0 heterocycles. The standard InChI is InChI=1S/C14H21NO3/c1-12(16)8-10-15(2)14(17)9-11-18-13-6-4-3-5-7-13/h3-7,12,16H,8-11H2,1-2H3. The highest BCUT2D eigenvalue weighted by atomic mass is 16.5. The van der Waals surface area contributed by atoms with Gasteiger partial charge in [0.25, 0.3) is 0 Å². The smallest absolute Gasteiger partial charge is 0.225 e. The number of hydrogen-bond acceptors (Lipinski definition) is 3. The van der Waals surface area contributed by atoms with E-state index in [4.69, 9.17) is 9.84 Å². The number of carbonyl (C=O) groups excluding carboxylic acids is 1. The summed E-state index contributed by atoms with van der Waals surface area (Å²) in [6, 6.07) is 9.43. The molecule has 18 heavy (non-hydrogen) atoms. The van der Waals surface area contributed by atoms with Crippen LogP contribution in [0.3, 0.4) is 0 Å². The second-order valence-corrected chi connectivity index (χ2v) is 4.36. The molecule has 0 fully saturated rings. The number of aliphatic hydroxyl groups is 1. The van der Waals surface area contributed by atoms with E-state index in [9.17, 15) is 4.79 Å². The number of hydrogen-bond donors (Lipinski definition) is 1. The molecular formula is C14H21NO3. The molecule has 0 saturated carbocycles. The van der Waals surface area contributed by atoms with E-state index in [2.05, 4.69) is 0 Å². The Morgan fingerprint density at radius 2 is 2.06 bits per heavy atom. The van der Waals surface area contributed by atoms with E-state index < -0.39 is 0 Å². The van der Waals surface area contributed by atoms with Crippen molar-refractivity contribution in [1.82, 2.24) is 4.90 Å². The minimum Gasteiger partial charge on any atom is -0.493 e. The zero-order valence-corrected chi connectivity index (χ0v) is 11.0. The molecule has 1 aromatic carbocycles. The van der Waals surface area contributed by atoms with Crippen LogP contribution in [0.4, 0.5) is 0 Å². The predicted octanol–water partition coefficient (Wildman–Crippen LogP) is 1.68. The van der Waals surface area contributed by atoms with Crippen molar-refractivity contribution in [1.29, 1.82) is 0 Å². The van der Waals surface area contributed by atoms with E-state index in [-0.39, 0.29) is 12.0 Å². The second kappa shape index (κ2) is 7.71. The third kappa shape index (κ3) is 5.68. The number of nitrogens with zero attached hydrogens (tertiary/aromatic N) is 1. The molecule has 0 aromatic heterocycles. The number of rotatable bonds is 7. The number of para-hydroxylation sites is 1. The number of benzene rings is 1. The predicted molar refractivity (Wildman–Crippen MR) is 70.5 cm³/mol. The molecule has 1 N–H and O–H groups in total. The average molecular weight is 251 g/mol. The van der Waals surface area contributed by atoms with E-state index in [0.717, 1.165) is 5.75 Å². The van der Waals surface area contributed by atoms with E-state index in [1.165, 1.54) is 0 Å². The summed E-state index contributed by atoms with van der Waals surface area (Å²) in [5, 5.41) is 9.15. The van der Waals surface area contributed by atoms with Crippen LogP contribution < -0.4 is 4.74 Å². The molecular weight excluding hydrogens is 230 g/mol. The molecule has 1 amide bonds. The van der Waals surface area contributed by atoms with Gasteiger partial charge in [0.05, 0.1) is 19.1 Å². The van der Waals surface area contributed by atoms with Gasteiger partial charge >= 0.3 is 0 Å². The van der Waals surface area contributed by atoms with Gasteiger partial charge in [-0.1, -0.05) is 18.2 Å². The van der Waals surface area contributed by atoms with Crippen LogP contribution in [0.1, 0.15) is 19.8 Å². The Bertz CT molecular complexity index is 351. The van der Waals surface area contributed by atoms with Crippen molar-refractivity contribution < 1.29 is 14.6 Å². The van der Waals surface area contributed by atoms with Gasteiger partial charge in [0.15, 0.2) is 0 Å². The maximum atomic E-state index is 11.7. The normalized spacial score (nSPS) is 11.9. The van der Waals surface area contributed by atoms with Crippen molar-refractivity contribution in [3.8, 4) is 5.75 Å². The van der Waals surface area contributed by atoms with Crippen LogP contribution in [0.5, 0.6) is 5.75 Å². The van der Waals surface area contributed by atoms with Gasteiger partial charge in [0.2, 0.25) is 5.91 Å². The van der Waals surface area contributed by atoms with Gasteiger partial charge < -0.3 is 14.7 Å². The molecule has 1 rings (SSSR count). The lowest BCUT2D eigenvalue weighted by molar-refractivity contribution is -0.130.